The Hall–Kier alpha value is -2.81. The average molecular weight is 553 g/mol. The Morgan fingerprint density at radius 3 is 2.17 bits per heavy atom. The third kappa shape index (κ3) is 6.66. The highest BCUT2D eigenvalue weighted by Gasteiger charge is 2.22. The number of hydrogen-bond acceptors (Lipinski definition) is 5. The third-order valence-electron chi connectivity index (χ3n) is 5.13. The molecule has 3 rings (SSSR count). The normalized spacial score (nSPS) is 11.6. The summed E-state index contributed by atoms with van der Waals surface area (Å²) in [6, 6.07) is 14.0. The average Bonchev–Trinajstić information content (AvgIpc) is 2.82. The zero-order valence-electron chi connectivity index (χ0n) is 18.2. The van der Waals surface area contributed by atoms with E-state index in [1.807, 2.05) is 0 Å². The van der Waals surface area contributed by atoms with E-state index < -0.39 is 11.8 Å². The third-order valence-corrected chi connectivity index (χ3v) is 6.61. The van der Waals surface area contributed by atoms with Crippen LogP contribution in [0.2, 0.25) is 20.1 Å². The predicted octanol–water partition coefficient (Wildman–Crippen LogP) is 5.71. The summed E-state index contributed by atoms with van der Waals surface area (Å²) < 4.78 is 0. The molecule has 35 heavy (non-hydrogen) atoms. The highest BCUT2D eigenvalue weighted by atomic mass is 35.5. The molecule has 3 aromatic rings. The molecular weight excluding hydrogens is 532 g/mol. The largest absolute Gasteiger partial charge is 0.398 e. The number of benzene rings is 3. The van der Waals surface area contributed by atoms with E-state index >= 15 is 0 Å². The summed E-state index contributed by atoms with van der Waals surface area (Å²) >= 11 is 24.0. The molecule has 0 fully saturated rings. The minimum Gasteiger partial charge on any atom is -0.398 e. The van der Waals surface area contributed by atoms with Crippen LogP contribution in [-0.4, -0.2) is 24.2 Å². The van der Waals surface area contributed by atoms with Crippen LogP contribution in [0.15, 0.2) is 54.6 Å². The van der Waals surface area contributed by atoms with E-state index in [1.54, 1.807) is 24.3 Å². The van der Waals surface area contributed by atoms with Gasteiger partial charge in [0, 0.05) is 22.5 Å². The standard InChI is InChI=1S/C24H21Cl4N5O2/c25-17-4-1-12(9-19(17)27)15(7-8-29)24(35)32-14-3-6-21(30)16(11-14)22(31)33-23(34)13-2-5-18(26)20(28)10-13/h1-6,9-11,15H,7-8,29-30H2,(H,32,35)(H2,31,33,34). The molecule has 7 N–H and O–H groups in total. The topological polar surface area (TPSA) is 134 Å². The van der Waals surface area contributed by atoms with Crippen molar-refractivity contribution in [2.24, 2.45) is 5.73 Å². The fourth-order valence-electron chi connectivity index (χ4n) is 3.32. The van der Waals surface area contributed by atoms with Crippen LogP contribution in [-0.2, 0) is 4.79 Å². The second-order valence-electron chi connectivity index (χ2n) is 7.55. The fourth-order valence-corrected chi connectivity index (χ4v) is 3.92. The molecule has 1 atom stereocenters. The van der Waals surface area contributed by atoms with Gasteiger partial charge in [-0.1, -0.05) is 52.5 Å². The lowest BCUT2D eigenvalue weighted by Gasteiger charge is -2.18. The van der Waals surface area contributed by atoms with Gasteiger partial charge in [0.2, 0.25) is 5.91 Å². The molecule has 0 saturated heterocycles. The number of rotatable bonds is 7. The van der Waals surface area contributed by atoms with Crippen molar-refractivity contribution >= 4 is 75.4 Å². The number of hydrogen-bond donors (Lipinski definition) is 5. The number of carbonyl (C=O) groups is 2. The molecular formula is C24H21Cl4N5O2. The van der Waals surface area contributed by atoms with Crippen LogP contribution in [0.1, 0.15) is 33.8 Å². The number of anilines is 2. The van der Waals surface area contributed by atoms with Gasteiger partial charge in [0.25, 0.3) is 5.91 Å². The van der Waals surface area contributed by atoms with E-state index in [1.165, 1.54) is 30.3 Å². The minimum atomic E-state index is -0.579. The molecule has 2 amide bonds. The molecule has 0 aliphatic heterocycles. The zero-order chi connectivity index (χ0) is 25.7. The first-order valence-electron chi connectivity index (χ1n) is 10.3. The van der Waals surface area contributed by atoms with Gasteiger partial charge in [-0.2, -0.15) is 0 Å². The number of nitrogen functional groups attached to an aromatic ring is 1. The Labute approximate surface area is 222 Å². The Kier molecular flexibility index (Phi) is 8.99. The first-order valence-corrected chi connectivity index (χ1v) is 11.8. The van der Waals surface area contributed by atoms with E-state index in [0.29, 0.717) is 32.7 Å². The van der Waals surface area contributed by atoms with Crippen molar-refractivity contribution in [1.82, 2.24) is 5.32 Å². The number of carbonyl (C=O) groups excluding carboxylic acids is 2. The van der Waals surface area contributed by atoms with Crippen molar-refractivity contribution in [3.05, 3.63) is 91.4 Å². The molecule has 0 radical (unpaired) electrons. The van der Waals surface area contributed by atoms with E-state index in [9.17, 15) is 9.59 Å². The predicted molar refractivity (Wildman–Crippen MR) is 143 cm³/mol. The van der Waals surface area contributed by atoms with Gasteiger partial charge in [-0.15, -0.1) is 0 Å². The van der Waals surface area contributed by atoms with Crippen LogP contribution in [0, 0.1) is 5.41 Å². The first kappa shape index (κ1) is 26.8. The van der Waals surface area contributed by atoms with E-state index in [2.05, 4.69) is 10.6 Å². The summed E-state index contributed by atoms with van der Waals surface area (Å²) in [6.45, 7) is 0.275. The Balaban J connectivity index is 1.79. The van der Waals surface area contributed by atoms with Crippen molar-refractivity contribution in [1.29, 1.82) is 5.41 Å². The van der Waals surface area contributed by atoms with Gasteiger partial charge in [0.1, 0.15) is 5.84 Å². The van der Waals surface area contributed by atoms with Crippen LogP contribution < -0.4 is 22.1 Å². The Morgan fingerprint density at radius 2 is 1.54 bits per heavy atom. The molecule has 0 spiro atoms. The molecule has 3 aromatic carbocycles. The molecule has 11 heteroatoms. The fraction of sp³-hybridized carbons (Fsp3) is 0.125. The maximum absolute atomic E-state index is 13.1. The molecule has 0 aromatic heterocycles. The molecule has 0 bridgehead atoms. The molecule has 0 saturated carbocycles. The summed E-state index contributed by atoms with van der Waals surface area (Å²) in [5, 5.41) is 14.8. The van der Waals surface area contributed by atoms with Crippen LogP contribution in [0.25, 0.3) is 0 Å². The number of amides is 2. The summed E-state index contributed by atoms with van der Waals surface area (Å²) in [7, 11) is 0. The smallest absolute Gasteiger partial charge is 0.256 e. The number of amidine groups is 1. The molecule has 182 valence electrons. The molecule has 7 nitrogen and oxygen atoms in total. The maximum atomic E-state index is 13.1. The highest BCUT2D eigenvalue weighted by Crippen LogP contribution is 2.29. The second kappa shape index (κ2) is 11.7. The van der Waals surface area contributed by atoms with Crippen molar-refractivity contribution < 1.29 is 9.59 Å². The first-order chi connectivity index (χ1) is 16.6. The van der Waals surface area contributed by atoms with Gasteiger partial charge in [0.15, 0.2) is 0 Å². The minimum absolute atomic E-state index is 0.212. The van der Waals surface area contributed by atoms with Crippen molar-refractivity contribution in [3.8, 4) is 0 Å². The van der Waals surface area contributed by atoms with Gasteiger partial charge in [-0.3, -0.25) is 15.0 Å². The lowest BCUT2D eigenvalue weighted by molar-refractivity contribution is -0.117. The number of nitrogens with one attached hydrogen (secondary N) is 3. The van der Waals surface area contributed by atoms with E-state index in [4.69, 9.17) is 63.3 Å². The molecule has 0 aliphatic rings. The van der Waals surface area contributed by atoms with Crippen LogP contribution in [0.4, 0.5) is 11.4 Å². The molecule has 1 unspecified atom stereocenters. The van der Waals surface area contributed by atoms with Gasteiger partial charge in [-0.25, -0.2) is 0 Å². The molecule has 0 heterocycles. The SMILES string of the molecule is N=C(NC(=O)c1ccc(Cl)c(Cl)c1)c1cc(NC(=O)C(CCN)c2ccc(Cl)c(Cl)c2)ccc1N. The summed E-state index contributed by atoms with van der Waals surface area (Å²) in [5.41, 5.74) is 13.5. The number of halogens is 4. The monoisotopic (exact) mass is 551 g/mol. The Morgan fingerprint density at radius 1 is 0.886 bits per heavy atom. The van der Waals surface area contributed by atoms with Crippen LogP contribution >= 0.6 is 46.4 Å². The lowest BCUT2D eigenvalue weighted by atomic mass is 9.94. The van der Waals surface area contributed by atoms with Crippen LogP contribution in [0.5, 0.6) is 0 Å². The Bertz CT molecular complexity index is 1300. The zero-order valence-corrected chi connectivity index (χ0v) is 21.2. The maximum Gasteiger partial charge on any atom is 0.256 e. The molecule has 0 aliphatic carbocycles. The van der Waals surface area contributed by atoms with Crippen LogP contribution in [0.3, 0.4) is 0 Å². The quantitative estimate of drug-likeness (QED) is 0.146. The van der Waals surface area contributed by atoms with Crippen molar-refractivity contribution in [2.45, 2.75) is 12.3 Å². The summed E-state index contributed by atoms with van der Waals surface area (Å²) in [5.74, 6) is -1.72. The van der Waals surface area contributed by atoms with Gasteiger partial charge in [-0.05, 0) is 67.1 Å². The van der Waals surface area contributed by atoms with Gasteiger partial charge >= 0.3 is 0 Å². The summed E-state index contributed by atoms with van der Waals surface area (Å²) in [6.07, 6.45) is 0.376. The number of nitrogens with two attached hydrogens (primary N) is 2. The van der Waals surface area contributed by atoms with Gasteiger partial charge in [0.05, 0.1) is 26.0 Å². The van der Waals surface area contributed by atoms with Gasteiger partial charge < -0.3 is 22.1 Å². The van der Waals surface area contributed by atoms with E-state index in [0.717, 1.165) is 0 Å². The lowest BCUT2D eigenvalue weighted by Crippen LogP contribution is -2.31. The van der Waals surface area contributed by atoms with E-state index in [-0.39, 0.29) is 40.1 Å². The highest BCUT2D eigenvalue weighted by molar-refractivity contribution is 6.42. The summed E-state index contributed by atoms with van der Waals surface area (Å²) in [4.78, 5) is 25.6. The second-order valence-corrected chi connectivity index (χ2v) is 9.18. The van der Waals surface area contributed by atoms with Crippen molar-refractivity contribution in [2.75, 3.05) is 17.6 Å². The van der Waals surface area contributed by atoms with Crippen molar-refractivity contribution in [3.63, 3.8) is 0 Å².